The van der Waals surface area contributed by atoms with Gasteiger partial charge in [0.05, 0.1) is 25.7 Å². The Morgan fingerprint density at radius 1 is 1.45 bits per heavy atom. The molecule has 1 atom stereocenters. The summed E-state index contributed by atoms with van der Waals surface area (Å²) in [6.07, 6.45) is 0.264. The number of carbonyl (C=O) groups is 1. The highest BCUT2D eigenvalue weighted by molar-refractivity contribution is 5.76. The lowest BCUT2D eigenvalue weighted by molar-refractivity contribution is -0.141. The molecule has 2 rings (SSSR count). The number of hydrogen-bond donors (Lipinski definition) is 0. The smallest absolute Gasteiger partial charge is 0.306 e. The fraction of sp³-hybridized carbons (Fsp3) is 0.312. The Hall–Kier alpha value is -2.59. The fourth-order valence-electron chi connectivity index (χ4n) is 2.74. The lowest BCUT2D eigenvalue weighted by atomic mass is 9.63. The number of benzene rings is 1. The number of fused-ring (bicyclic) bond motifs is 1. The lowest BCUT2D eigenvalue weighted by Crippen LogP contribution is -2.32. The van der Waals surface area contributed by atoms with E-state index in [-0.39, 0.29) is 12.8 Å². The van der Waals surface area contributed by atoms with Gasteiger partial charge in [-0.2, -0.15) is 10.5 Å². The molecule has 0 saturated carbocycles. The molecule has 1 aliphatic carbocycles. The standard InChI is InChI=1S/C16H14N2O2/c1-11-8-16(9-17,10-18)14(7-15(19)20-2)13-6-4-3-5-12(11)13/h3-6,14H,1,7-8H2,2H3. The second-order valence-electron chi connectivity index (χ2n) is 4.90. The van der Waals surface area contributed by atoms with Crippen LogP contribution in [0.25, 0.3) is 5.57 Å². The van der Waals surface area contributed by atoms with E-state index in [1.165, 1.54) is 7.11 Å². The summed E-state index contributed by atoms with van der Waals surface area (Å²) in [5, 5.41) is 19.0. The Kier molecular flexibility index (Phi) is 3.59. The topological polar surface area (TPSA) is 73.9 Å². The van der Waals surface area contributed by atoms with Crippen LogP contribution in [-0.2, 0) is 9.53 Å². The van der Waals surface area contributed by atoms with Gasteiger partial charge in [0.15, 0.2) is 5.41 Å². The quantitative estimate of drug-likeness (QED) is 0.771. The van der Waals surface area contributed by atoms with E-state index in [9.17, 15) is 15.3 Å². The van der Waals surface area contributed by atoms with Crippen molar-refractivity contribution in [3.8, 4) is 12.1 Å². The van der Waals surface area contributed by atoms with Crippen molar-refractivity contribution in [2.24, 2.45) is 5.41 Å². The van der Waals surface area contributed by atoms with E-state index in [1.807, 2.05) is 24.3 Å². The zero-order chi connectivity index (χ0) is 14.8. The van der Waals surface area contributed by atoms with Gasteiger partial charge < -0.3 is 4.74 Å². The van der Waals surface area contributed by atoms with Crippen molar-refractivity contribution < 1.29 is 9.53 Å². The number of nitriles is 2. The molecule has 0 N–H and O–H groups in total. The summed E-state index contributed by atoms with van der Waals surface area (Å²) in [7, 11) is 1.30. The Balaban J connectivity index is 2.59. The lowest BCUT2D eigenvalue weighted by Gasteiger charge is -2.35. The number of methoxy groups -OCH3 is 1. The minimum absolute atomic E-state index is 0.0158. The molecule has 4 nitrogen and oxygen atoms in total. The highest BCUT2D eigenvalue weighted by Crippen LogP contribution is 2.50. The number of rotatable bonds is 2. The summed E-state index contributed by atoms with van der Waals surface area (Å²) in [4.78, 5) is 11.6. The molecule has 0 spiro atoms. The molecule has 4 heteroatoms. The molecule has 1 aliphatic rings. The molecular formula is C16H14N2O2. The second kappa shape index (κ2) is 5.19. The van der Waals surface area contributed by atoms with Crippen LogP contribution >= 0.6 is 0 Å². The molecular weight excluding hydrogens is 252 g/mol. The van der Waals surface area contributed by atoms with Crippen LogP contribution in [0.1, 0.15) is 29.9 Å². The maximum atomic E-state index is 11.6. The van der Waals surface area contributed by atoms with Gasteiger partial charge >= 0.3 is 5.97 Å². The molecule has 1 unspecified atom stereocenters. The van der Waals surface area contributed by atoms with E-state index in [0.717, 1.165) is 16.7 Å². The summed E-state index contributed by atoms with van der Waals surface area (Å²) in [6.45, 7) is 3.96. The molecule has 20 heavy (non-hydrogen) atoms. The zero-order valence-electron chi connectivity index (χ0n) is 11.2. The van der Waals surface area contributed by atoms with Crippen LogP contribution in [0, 0.1) is 28.1 Å². The monoisotopic (exact) mass is 266 g/mol. The Labute approximate surface area is 117 Å². The van der Waals surface area contributed by atoms with Crippen molar-refractivity contribution >= 4 is 11.5 Å². The van der Waals surface area contributed by atoms with E-state index in [2.05, 4.69) is 18.7 Å². The maximum Gasteiger partial charge on any atom is 0.306 e. The number of nitrogens with zero attached hydrogens (tertiary/aromatic N) is 2. The summed E-state index contributed by atoms with van der Waals surface area (Å²) in [5.41, 5.74) is 1.23. The second-order valence-corrected chi connectivity index (χ2v) is 4.90. The minimum atomic E-state index is -1.26. The van der Waals surface area contributed by atoms with Crippen LogP contribution in [0.3, 0.4) is 0 Å². The van der Waals surface area contributed by atoms with Crippen molar-refractivity contribution in [2.45, 2.75) is 18.8 Å². The molecule has 1 aromatic carbocycles. The van der Waals surface area contributed by atoms with Gasteiger partial charge in [0, 0.05) is 12.3 Å². The highest BCUT2D eigenvalue weighted by Gasteiger charge is 2.46. The fourth-order valence-corrected chi connectivity index (χ4v) is 2.74. The summed E-state index contributed by atoms with van der Waals surface area (Å²) < 4.78 is 4.70. The van der Waals surface area contributed by atoms with Gasteiger partial charge in [-0.05, 0) is 16.7 Å². The first kappa shape index (κ1) is 13.8. The third-order valence-corrected chi connectivity index (χ3v) is 3.80. The normalized spacial score (nSPS) is 19.4. The van der Waals surface area contributed by atoms with Crippen LogP contribution in [-0.4, -0.2) is 13.1 Å². The minimum Gasteiger partial charge on any atom is -0.469 e. The van der Waals surface area contributed by atoms with Crippen LogP contribution in [0.15, 0.2) is 30.8 Å². The van der Waals surface area contributed by atoms with E-state index >= 15 is 0 Å². The van der Waals surface area contributed by atoms with Crippen molar-refractivity contribution in [3.05, 3.63) is 42.0 Å². The first-order chi connectivity index (χ1) is 9.57. The zero-order valence-corrected chi connectivity index (χ0v) is 11.2. The Morgan fingerprint density at radius 3 is 2.70 bits per heavy atom. The average molecular weight is 266 g/mol. The predicted octanol–water partition coefficient (Wildman–Crippen LogP) is 2.78. The molecule has 0 heterocycles. The molecule has 0 aromatic heterocycles. The molecule has 0 radical (unpaired) electrons. The summed E-state index contributed by atoms with van der Waals surface area (Å²) in [5.74, 6) is -0.918. The highest BCUT2D eigenvalue weighted by atomic mass is 16.5. The van der Waals surface area contributed by atoms with Crippen molar-refractivity contribution in [1.82, 2.24) is 0 Å². The van der Waals surface area contributed by atoms with Crippen molar-refractivity contribution in [1.29, 1.82) is 10.5 Å². The van der Waals surface area contributed by atoms with E-state index in [4.69, 9.17) is 4.74 Å². The molecule has 0 aliphatic heterocycles. The van der Waals surface area contributed by atoms with Gasteiger partial charge in [0.2, 0.25) is 0 Å². The van der Waals surface area contributed by atoms with Gasteiger partial charge in [-0.1, -0.05) is 30.8 Å². The molecule has 1 aromatic rings. The molecule has 0 bridgehead atoms. The van der Waals surface area contributed by atoms with E-state index in [1.54, 1.807) is 0 Å². The number of hydrogen-bond acceptors (Lipinski definition) is 4. The van der Waals surface area contributed by atoms with E-state index < -0.39 is 17.3 Å². The van der Waals surface area contributed by atoms with Crippen LogP contribution in [0.4, 0.5) is 0 Å². The Bertz CT molecular complexity index is 635. The van der Waals surface area contributed by atoms with Gasteiger partial charge in [0.1, 0.15) is 0 Å². The molecule has 100 valence electrons. The van der Waals surface area contributed by atoms with Gasteiger partial charge in [-0.3, -0.25) is 4.79 Å². The van der Waals surface area contributed by atoms with Gasteiger partial charge in [-0.25, -0.2) is 0 Å². The SMILES string of the molecule is C=C1CC(C#N)(C#N)C(CC(=O)OC)c2ccccc21. The number of carbonyl (C=O) groups excluding carboxylic acids is 1. The molecule has 0 fully saturated rings. The van der Waals surface area contributed by atoms with Crippen LogP contribution in [0.5, 0.6) is 0 Å². The molecule has 0 saturated heterocycles. The maximum absolute atomic E-state index is 11.6. The third-order valence-electron chi connectivity index (χ3n) is 3.80. The largest absolute Gasteiger partial charge is 0.469 e. The Morgan fingerprint density at radius 2 is 2.10 bits per heavy atom. The van der Waals surface area contributed by atoms with E-state index in [0.29, 0.717) is 0 Å². The number of ether oxygens (including phenoxy) is 1. The summed E-state index contributed by atoms with van der Waals surface area (Å²) >= 11 is 0. The molecule has 0 amide bonds. The number of allylic oxidation sites excluding steroid dienone is 1. The van der Waals surface area contributed by atoms with Crippen LogP contribution in [0.2, 0.25) is 0 Å². The first-order valence-electron chi connectivity index (χ1n) is 6.24. The van der Waals surface area contributed by atoms with Crippen molar-refractivity contribution in [2.75, 3.05) is 7.11 Å². The predicted molar refractivity (Wildman–Crippen MR) is 73.1 cm³/mol. The summed E-state index contributed by atoms with van der Waals surface area (Å²) in [6, 6.07) is 11.6. The van der Waals surface area contributed by atoms with Crippen molar-refractivity contribution in [3.63, 3.8) is 0 Å². The number of esters is 1. The van der Waals surface area contributed by atoms with Crippen LogP contribution < -0.4 is 0 Å². The third kappa shape index (κ3) is 2.06. The van der Waals surface area contributed by atoms with Gasteiger partial charge in [0.25, 0.3) is 0 Å². The average Bonchev–Trinajstić information content (AvgIpc) is 2.49. The van der Waals surface area contributed by atoms with Gasteiger partial charge in [-0.15, -0.1) is 0 Å². The first-order valence-corrected chi connectivity index (χ1v) is 6.24.